The monoisotopic (exact) mass is 268 g/mol. The first-order valence-electron chi connectivity index (χ1n) is 6.27. The predicted molar refractivity (Wildman–Crippen MR) is 72.7 cm³/mol. The van der Waals surface area contributed by atoms with Crippen LogP contribution in [-0.4, -0.2) is 25.8 Å². The van der Waals surface area contributed by atoms with Gasteiger partial charge in [0, 0.05) is 18.8 Å². The van der Waals surface area contributed by atoms with E-state index in [1.54, 1.807) is 22.5 Å². The van der Waals surface area contributed by atoms with E-state index in [4.69, 9.17) is 5.73 Å². The van der Waals surface area contributed by atoms with Gasteiger partial charge in [-0.05, 0) is 49.4 Å². The molecule has 0 aromatic heterocycles. The molecule has 100 valence electrons. The summed E-state index contributed by atoms with van der Waals surface area (Å²) in [5.41, 5.74) is 7.16. The van der Waals surface area contributed by atoms with Crippen molar-refractivity contribution in [3.8, 4) is 0 Å². The van der Waals surface area contributed by atoms with Gasteiger partial charge in [0.25, 0.3) is 0 Å². The molecule has 0 aliphatic carbocycles. The number of nitrogen functional groups attached to an aromatic ring is 1. The minimum atomic E-state index is -3.36. The summed E-state index contributed by atoms with van der Waals surface area (Å²) in [7, 11) is -3.36. The summed E-state index contributed by atoms with van der Waals surface area (Å²) in [4.78, 5) is 0.350. The first-order chi connectivity index (χ1) is 8.41. The molecule has 1 unspecified atom stereocenters. The highest BCUT2D eigenvalue weighted by atomic mass is 32.2. The van der Waals surface area contributed by atoms with Gasteiger partial charge in [-0.15, -0.1) is 0 Å². The number of benzene rings is 1. The van der Waals surface area contributed by atoms with Crippen LogP contribution in [0.5, 0.6) is 0 Å². The van der Waals surface area contributed by atoms with Crippen LogP contribution in [0.2, 0.25) is 0 Å². The lowest BCUT2D eigenvalue weighted by Crippen LogP contribution is -2.39. The van der Waals surface area contributed by atoms with Crippen molar-refractivity contribution in [1.82, 2.24) is 4.31 Å². The standard InChI is InChI=1S/C13H20N2O2S/c1-10-4-3-7-15(9-10)18(16,17)12-5-6-13(14)11(2)8-12/h5-6,8,10H,3-4,7,9,14H2,1-2H3. The second kappa shape index (κ2) is 4.90. The zero-order valence-electron chi connectivity index (χ0n) is 10.9. The number of hydrogen-bond acceptors (Lipinski definition) is 3. The number of rotatable bonds is 2. The third kappa shape index (κ3) is 2.52. The molecule has 2 rings (SSSR count). The van der Waals surface area contributed by atoms with E-state index in [1.807, 2.05) is 6.92 Å². The molecule has 4 nitrogen and oxygen atoms in total. The molecular weight excluding hydrogens is 248 g/mol. The van der Waals surface area contributed by atoms with Crippen molar-refractivity contribution < 1.29 is 8.42 Å². The zero-order chi connectivity index (χ0) is 13.3. The molecule has 0 radical (unpaired) electrons. The highest BCUT2D eigenvalue weighted by Crippen LogP contribution is 2.25. The Balaban J connectivity index is 2.32. The fraction of sp³-hybridized carbons (Fsp3) is 0.538. The highest BCUT2D eigenvalue weighted by Gasteiger charge is 2.28. The summed E-state index contributed by atoms with van der Waals surface area (Å²) in [5, 5.41) is 0. The molecule has 1 saturated heterocycles. The van der Waals surface area contributed by atoms with Gasteiger partial charge in [-0.3, -0.25) is 0 Å². The maximum atomic E-state index is 12.5. The molecule has 1 fully saturated rings. The Bertz CT molecular complexity index is 540. The Hall–Kier alpha value is -1.07. The SMILES string of the molecule is Cc1cc(S(=O)(=O)N2CCCC(C)C2)ccc1N. The maximum absolute atomic E-state index is 12.5. The minimum absolute atomic E-state index is 0.350. The molecule has 0 bridgehead atoms. The van der Waals surface area contributed by atoms with Gasteiger partial charge in [-0.2, -0.15) is 4.31 Å². The molecule has 1 aliphatic rings. The van der Waals surface area contributed by atoms with Crippen molar-refractivity contribution in [2.24, 2.45) is 5.92 Å². The molecule has 1 aliphatic heterocycles. The fourth-order valence-corrected chi connectivity index (χ4v) is 4.01. The van der Waals surface area contributed by atoms with Gasteiger partial charge < -0.3 is 5.73 Å². The van der Waals surface area contributed by atoms with E-state index >= 15 is 0 Å². The highest BCUT2D eigenvalue weighted by molar-refractivity contribution is 7.89. The van der Waals surface area contributed by atoms with E-state index in [0.717, 1.165) is 18.4 Å². The number of anilines is 1. The van der Waals surface area contributed by atoms with E-state index in [2.05, 4.69) is 6.92 Å². The second-order valence-corrected chi connectivity index (χ2v) is 7.07. The van der Waals surface area contributed by atoms with Crippen LogP contribution in [0.4, 0.5) is 5.69 Å². The Morgan fingerprint density at radius 2 is 2.11 bits per heavy atom. The van der Waals surface area contributed by atoms with Gasteiger partial charge in [-0.1, -0.05) is 6.92 Å². The van der Waals surface area contributed by atoms with Gasteiger partial charge in [0.15, 0.2) is 0 Å². The van der Waals surface area contributed by atoms with Crippen molar-refractivity contribution in [3.05, 3.63) is 23.8 Å². The van der Waals surface area contributed by atoms with Crippen molar-refractivity contribution in [3.63, 3.8) is 0 Å². The maximum Gasteiger partial charge on any atom is 0.243 e. The number of hydrogen-bond donors (Lipinski definition) is 1. The van der Waals surface area contributed by atoms with Crippen LogP contribution in [0.1, 0.15) is 25.3 Å². The van der Waals surface area contributed by atoms with Crippen molar-refractivity contribution >= 4 is 15.7 Å². The van der Waals surface area contributed by atoms with Gasteiger partial charge in [0.05, 0.1) is 4.90 Å². The number of sulfonamides is 1. The Morgan fingerprint density at radius 1 is 1.39 bits per heavy atom. The Morgan fingerprint density at radius 3 is 2.72 bits per heavy atom. The fourth-order valence-electron chi connectivity index (χ4n) is 2.32. The number of nitrogens with two attached hydrogens (primary N) is 1. The van der Waals surface area contributed by atoms with Gasteiger partial charge in [0.1, 0.15) is 0 Å². The molecule has 2 N–H and O–H groups in total. The van der Waals surface area contributed by atoms with Gasteiger partial charge in [-0.25, -0.2) is 8.42 Å². The average Bonchev–Trinajstić information content (AvgIpc) is 2.32. The Labute approximate surface area is 109 Å². The van der Waals surface area contributed by atoms with Crippen molar-refractivity contribution in [2.45, 2.75) is 31.6 Å². The number of aryl methyl sites for hydroxylation is 1. The van der Waals surface area contributed by atoms with Gasteiger partial charge >= 0.3 is 0 Å². The van der Waals surface area contributed by atoms with Crippen LogP contribution in [0.25, 0.3) is 0 Å². The molecule has 0 amide bonds. The zero-order valence-corrected chi connectivity index (χ0v) is 11.7. The molecule has 1 aromatic rings. The van der Waals surface area contributed by atoms with Crippen LogP contribution in [0.15, 0.2) is 23.1 Å². The van der Waals surface area contributed by atoms with Crippen molar-refractivity contribution in [1.29, 1.82) is 0 Å². The first kappa shape index (κ1) is 13.4. The summed E-state index contributed by atoms with van der Waals surface area (Å²) >= 11 is 0. The molecule has 5 heteroatoms. The second-order valence-electron chi connectivity index (χ2n) is 5.13. The summed E-state index contributed by atoms with van der Waals surface area (Å²) in [6, 6.07) is 4.91. The molecule has 1 aromatic carbocycles. The summed E-state index contributed by atoms with van der Waals surface area (Å²) < 4.78 is 26.6. The Kier molecular flexibility index (Phi) is 3.64. The van der Waals surface area contributed by atoms with Gasteiger partial charge in [0.2, 0.25) is 10.0 Å². The van der Waals surface area contributed by atoms with Crippen LogP contribution in [0.3, 0.4) is 0 Å². The van der Waals surface area contributed by atoms with E-state index in [9.17, 15) is 8.42 Å². The molecule has 1 heterocycles. The molecular formula is C13H20N2O2S. The van der Waals surface area contributed by atoms with Crippen LogP contribution >= 0.6 is 0 Å². The lowest BCUT2D eigenvalue weighted by Gasteiger charge is -2.30. The third-order valence-corrected chi connectivity index (χ3v) is 5.36. The largest absolute Gasteiger partial charge is 0.399 e. The summed E-state index contributed by atoms with van der Waals surface area (Å²) in [6.07, 6.45) is 2.04. The quantitative estimate of drug-likeness (QED) is 0.834. The van der Waals surface area contributed by atoms with Crippen molar-refractivity contribution in [2.75, 3.05) is 18.8 Å². The molecule has 1 atom stereocenters. The average molecular weight is 268 g/mol. The number of piperidine rings is 1. The topological polar surface area (TPSA) is 63.4 Å². The third-order valence-electron chi connectivity index (χ3n) is 3.50. The number of nitrogens with zero attached hydrogens (tertiary/aromatic N) is 1. The summed E-state index contributed by atoms with van der Waals surface area (Å²) in [6.45, 7) is 5.16. The van der Waals surface area contributed by atoms with Crippen LogP contribution in [-0.2, 0) is 10.0 Å². The lowest BCUT2D eigenvalue weighted by atomic mass is 10.0. The normalized spacial score (nSPS) is 22.0. The van der Waals surface area contributed by atoms with Crippen LogP contribution in [0, 0.1) is 12.8 Å². The summed E-state index contributed by atoms with van der Waals surface area (Å²) in [5.74, 6) is 0.434. The minimum Gasteiger partial charge on any atom is -0.399 e. The van der Waals surface area contributed by atoms with E-state index in [1.165, 1.54) is 0 Å². The van der Waals surface area contributed by atoms with E-state index in [0.29, 0.717) is 29.6 Å². The predicted octanol–water partition coefficient (Wildman–Crippen LogP) is 2.00. The molecule has 0 spiro atoms. The molecule has 18 heavy (non-hydrogen) atoms. The molecule has 0 saturated carbocycles. The smallest absolute Gasteiger partial charge is 0.243 e. The van der Waals surface area contributed by atoms with E-state index in [-0.39, 0.29) is 0 Å². The van der Waals surface area contributed by atoms with E-state index < -0.39 is 10.0 Å². The first-order valence-corrected chi connectivity index (χ1v) is 7.71. The van der Waals surface area contributed by atoms with Crippen LogP contribution < -0.4 is 5.73 Å². The lowest BCUT2D eigenvalue weighted by molar-refractivity contribution is 0.281.